The van der Waals surface area contributed by atoms with E-state index < -0.39 is 5.91 Å². The van der Waals surface area contributed by atoms with Gasteiger partial charge >= 0.3 is 0 Å². The number of rotatable bonds is 7. The number of halogens is 3. The fourth-order valence-corrected chi connectivity index (χ4v) is 8.99. The Labute approximate surface area is 264 Å². The summed E-state index contributed by atoms with van der Waals surface area (Å²) in [6.45, 7) is 0. The van der Waals surface area contributed by atoms with Crippen molar-refractivity contribution in [1.82, 2.24) is 20.1 Å². The molecule has 4 saturated carbocycles. The summed E-state index contributed by atoms with van der Waals surface area (Å²) in [5.74, 6) is 2.28. The zero-order valence-corrected chi connectivity index (χ0v) is 26.2. The number of ether oxygens (including phenoxy) is 1. The van der Waals surface area contributed by atoms with Gasteiger partial charge in [-0.05, 0) is 108 Å². The predicted octanol–water partition coefficient (Wildman–Crippen LogP) is 8.14. The van der Waals surface area contributed by atoms with Crippen molar-refractivity contribution >= 4 is 68.0 Å². The van der Waals surface area contributed by atoms with E-state index in [1.165, 1.54) is 41.3 Å². The summed E-state index contributed by atoms with van der Waals surface area (Å²) in [4.78, 5) is 32.1. The second-order valence-electron chi connectivity index (χ2n) is 11.6. The number of hydrogen-bond donors (Lipinski definition) is 2. The van der Waals surface area contributed by atoms with E-state index in [0.29, 0.717) is 43.7 Å². The molecule has 4 bridgehead atoms. The van der Waals surface area contributed by atoms with Crippen LogP contribution >= 0.6 is 50.5 Å². The molecule has 1 aromatic carbocycles. The molecule has 0 spiro atoms. The third-order valence-electron chi connectivity index (χ3n) is 8.53. The fraction of sp³-hybridized carbons (Fsp3) is 0.333. The summed E-state index contributed by atoms with van der Waals surface area (Å²) >= 11 is 17.8. The number of aromatic nitrogens is 3. The molecule has 0 radical (unpaired) electrons. The number of hydrogen-bond acceptors (Lipinski definition) is 6. The van der Waals surface area contributed by atoms with Crippen molar-refractivity contribution < 1.29 is 14.3 Å². The van der Waals surface area contributed by atoms with E-state index in [1.54, 1.807) is 36.5 Å². The number of pyridine rings is 1. The first-order valence-corrected chi connectivity index (χ1v) is 16.3. The van der Waals surface area contributed by atoms with Crippen molar-refractivity contribution in [3.05, 3.63) is 79.1 Å². The lowest BCUT2D eigenvalue weighted by molar-refractivity contribution is -0.0166. The third-order valence-corrected chi connectivity index (χ3v) is 10.3. The molecule has 4 aliphatic carbocycles. The minimum atomic E-state index is -0.531. The third kappa shape index (κ3) is 5.34. The SMILES string of the molecule is O=C(NC12CC3CC(CC(C3)C1)C2)c1cc(Cl)cc(Br)c1NC(=O)c1cc(Oc2ccsc2)nn1-c1ncccc1Cl. The van der Waals surface area contributed by atoms with E-state index in [1.807, 2.05) is 10.8 Å². The quantitative estimate of drug-likeness (QED) is 0.205. The Morgan fingerprint density at radius 1 is 1.05 bits per heavy atom. The topological polar surface area (TPSA) is 98.1 Å². The van der Waals surface area contributed by atoms with Crippen molar-refractivity contribution in [3.63, 3.8) is 0 Å². The van der Waals surface area contributed by atoms with Crippen LogP contribution < -0.4 is 15.4 Å². The number of nitrogens with zero attached hydrogens (tertiary/aromatic N) is 3. The minimum Gasteiger partial charge on any atom is -0.437 e. The Bertz CT molecular complexity index is 1660. The highest BCUT2D eigenvalue weighted by molar-refractivity contribution is 9.10. The maximum absolute atomic E-state index is 13.9. The van der Waals surface area contributed by atoms with Gasteiger partial charge in [-0.2, -0.15) is 0 Å². The summed E-state index contributed by atoms with van der Waals surface area (Å²) in [5.41, 5.74) is 0.515. The molecule has 4 fully saturated rings. The van der Waals surface area contributed by atoms with E-state index in [4.69, 9.17) is 27.9 Å². The Hall–Kier alpha value is -2.92. The lowest BCUT2D eigenvalue weighted by atomic mass is 9.53. The summed E-state index contributed by atoms with van der Waals surface area (Å²) < 4.78 is 7.69. The van der Waals surface area contributed by atoms with Gasteiger partial charge in [-0.3, -0.25) is 9.59 Å². The minimum absolute atomic E-state index is 0.120. The van der Waals surface area contributed by atoms with Crippen LogP contribution in [0.15, 0.2) is 57.8 Å². The Balaban J connectivity index is 1.21. The normalized spacial score (nSPS) is 24.0. The van der Waals surface area contributed by atoms with Crippen LogP contribution in [0, 0.1) is 17.8 Å². The number of carbonyl (C=O) groups excluding carboxylic acids is 2. The Morgan fingerprint density at radius 3 is 2.45 bits per heavy atom. The molecule has 12 heteroatoms. The molecule has 2 amide bonds. The van der Waals surface area contributed by atoms with Crippen molar-refractivity contribution in [3.8, 4) is 17.4 Å². The maximum atomic E-state index is 13.9. The predicted molar refractivity (Wildman–Crippen MR) is 166 cm³/mol. The average Bonchev–Trinajstić information content (AvgIpc) is 3.59. The van der Waals surface area contributed by atoms with Gasteiger partial charge in [-0.25, -0.2) is 9.67 Å². The molecule has 8 rings (SSSR count). The largest absolute Gasteiger partial charge is 0.437 e. The van der Waals surface area contributed by atoms with Crippen molar-refractivity contribution in [2.45, 2.75) is 44.1 Å². The summed E-state index contributed by atoms with van der Waals surface area (Å²) in [6, 6.07) is 9.91. The van der Waals surface area contributed by atoms with E-state index in [2.05, 4.69) is 36.6 Å². The van der Waals surface area contributed by atoms with Crippen LogP contribution in [0.3, 0.4) is 0 Å². The molecule has 0 aliphatic heterocycles. The molecule has 0 atom stereocenters. The van der Waals surface area contributed by atoms with Crippen molar-refractivity contribution in [2.24, 2.45) is 17.8 Å². The van der Waals surface area contributed by atoms with Crippen LogP contribution in [0.25, 0.3) is 5.82 Å². The summed E-state index contributed by atoms with van der Waals surface area (Å²) in [5, 5.41) is 15.2. The number of anilines is 1. The lowest BCUT2D eigenvalue weighted by Gasteiger charge is -2.56. The first kappa shape index (κ1) is 27.9. The second-order valence-corrected chi connectivity index (χ2v) is 14.0. The van der Waals surface area contributed by atoms with E-state index in [9.17, 15) is 9.59 Å². The fourth-order valence-electron chi connectivity index (χ4n) is 7.33. The molecule has 3 aromatic heterocycles. The van der Waals surface area contributed by atoms with Gasteiger partial charge in [0.2, 0.25) is 5.88 Å². The zero-order valence-electron chi connectivity index (χ0n) is 22.3. The number of nitrogens with one attached hydrogen (secondary N) is 2. The van der Waals surface area contributed by atoms with E-state index >= 15 is 0 Å². The highest BCUT2D eigenvalue weighted by Crippen LogP contribution is 2.55. The van der Waals surface area contributed by atoms with Gasteiger partial charge in [0, 0.05) is 32.7 Å². The van der Waals surface area contributed by atoms with Gasteiger partial charge in [0.1, 0.15) is 11.4 Å². The molecule has 2 N–H and O–H groups in total. The Kier molecular flexibility index (Phi) is 7.28. The number of amides is 2. The van der Waals surface area contributed by atoms with Crippen LogP contribution in [-0.2, 0) is 0 Å². The summed E-state index contributed by atoms with van der Waals surface area (Å²) in [6.07, 6.45) is 8.38. The number of benzene rings is 1. The monoisotopic (exact) mass is 685 g/mol. The van der Waals surface area contributed by atoms with E-state index in [-0.39, 0.29) is 34.4 Å². The number of thiophene rings is 1. The van der Waals surface area contributed by atoms with Gasteiger partial charge in [0.25, 0.3) is 11.8 Å². The van der Waals surface area contributed by atoms with Crippen molar-refractivity contribution in [2.75, 3.05) is 5.32 Å². The Morgan fingerprint density at radius 2 is 1.79 bits per heavy atom. The first-order chi connectivity index (χ1) is 20.2. The number of carbonyl (C=O) groups is 2. The smallest absolute Gasteiger partial charge is 0.274 e. The molecular weight excluding hydrogens is 661 g/mol. The summed E-state index contributed by atoms with van der Waals surface area (Å²) in [7, 11) is 0. The van der Waals surface area contributed by atoms with Crippen molar-refractivity contribution in [1.29, 1.82) is 0 Å². The van der Waals surface area contributed by atoms with Gasteiger partial charge in [0.05, 0.1) is 16.3 Å². The molecule has 4 aliphatic rings. The second kappa shape index (κ2) is 11.0. The van der Waals surface area contributed by atoms with Crippen LogP contribution in [-0.4, -0.2) is 32.1 Å². The van der Waals surface area contributed by atoms with E-state index in [0.717, 1.165) is 19.3 Å². The maximum Gasteiger partial charge on any atom is 0.274 e. The standard InChI is InChI=1S/C30H26BrCl2N5O3S/c31-22-10-19(32)9-21(28(39)36-30-12-16-6-17(13-30)8-18(7-16)14-30)26(22)35-29(40)24-11-25(41-20-3-5-42-15-20)37-38(24)27-23(33)2-1-4-34-27/h1-5,9-11,15-18H,6-8,12-14H2,(H,35,40)(H,36,39). The molecule has 42 heavy (non-hydrogen) atoms. The molecule has 3 heterocycles. The van der Waals surface area contributed by atoms with Gasteiger partial charge in [-0.15, -0.1) is 16.4 Å². The van der Waals surface area contributed by atoms with Crippen LogP contribution in [0.1, 0.15) is 59.4 Å². The zero-order chi connectivity index (χ0) is 29.0. The molecular formula is C30H26BrCl2N5O3S. The average molecular weight is 687 g/mol. The van der Waals surface area contributed by atoms with Crippen LogP contribution in [0.4, 0.5) is 5.69 Å². The van der Waals surface area contributed by atoms with Crippen LogP contribution in [0.5, 0.6) is 11.6 Å². The molecule has 0 saturated heterocycles. The highest BCUT2D eigenvalue weighted by Gasteiger charge is 2.51. The molecule has 0 unspecified atom stereocenters. The molecule has 216 valence electrons. The first-order valence-electron chi connectivity index (χ1n) is 13.8. The van der Waals surface area contributed by atoms with Gasteiger partial charge in [-0.1, -0.05) is 23.2 Å². The highest BCUT2D eigenvalue weighted by atomic mass is 79.9. The molecule has 8 nitrogen and oxygen atoms in total. The van der Waals surface area contributed by atoms with Gasteiger partial charge in [0.15, 0.2) is 5.82 Å². The van der Waals surface area contributed by atoms with Gasteiger partial charge < -0.3 is 15.4 Å². The lowest BCUT2D eigenvalue weighted by Crippen LogP contribution is -2.59. The molecule has 4 aromatic rings. The van der Waals surface area contributed by atoms with Crippen LogP contribution in [0.2, 0.25) is 10.0 Å².